The van der Waals surface area contributed by atoms with E-state index in [-0.39, 0.29) is 23.0 Å². The number of nitrogens with zero attached hydrogens (tertiary/aromatic N) is 3. The van der Waals surface area contributed by atoms with Crippen molar-refractivity contribution in [1.82, 2.24) is 4.98 Å². The van der Waals surface area contributed by atoms with E-state index in [1.807, 2.05) is 18.2 Å². The molecule has 0 aliphatic carbocycles. The van der Waals surface area contributed by atoms with E-state index in [1.165, 1.54) is 18.3 Å². The molecular formula is C17H12BrN3O4. The number of aliphatic imine (C=N–C) groups is 1. The average Bonchev–Trinajstić information content (AvgIpc) is 2.94. The van der Waals surface area contributed by atoms with Crippen LogP contribution < -0.4 is 0 Å². The number of oxazole rings is 1. The van der Waals surface area contributed by atoms with Crippen molar-refractivity contribution in [2.75, 3.05) is 0 Å². The van der Waals surface area contributed by atoms with Crippen LogP contribution in [-0.4, -0.2) is 21.2 Å². The standard InChI is InChI=1S/C17H12BrN3O4/c1-10-6-7-13(15(8-10)21(23)24)19-9-14-17(22)25-16(20-14)11-4-2-3-5-12(11)18/h2-9,22H,1H3. The second-order valence-electron chi connectivity index (χ2n) is 5.20. The fraction of sp³-hybridized carbons (Fsp3) is 0.0588. The number of nitro groups is 1. The molecule has 7 nitrogen and oxygen atoms in total. The lowest BCUT2D eigenvalue weighted by molar-refractivity contribution is -0.384. The summed E-state index contributed by atoms with van der Waals surface area (Å²) in [5.74, 6) is -0.200. The van der Waals surface area contributed by atoms with Crippen molar-refractivity contribution in [2.24, 2.45) is 4.99 Å². The Hall–Kier alpha value is -3.00. The van der Waals surface area contributed by atoms with E-state index in [1.54, 1.807) is 19.1 Å². The second-order valence-corrected chi connectivity index (χ2v) is 6.05. The van der Waals surface area contributed by atoms with Gasteiger partial charge < -0.3 is 9.52 Å². The van der Waals surface area contributed by atoms with Gasteiger partial charge in [-0.25, -0.2) is 9.98 Å². The van der Waals surface area contributed by atoms with Gasteiger partial charge in [-0.3, -0.25) is 10.1 Å². The monoisotopic (exact) mass is 401 g/mol. The van der Waals surface area contributed by atoms with Crippen molar-refractivity contribution >= 4 is 33.5 Å². The fourth-order valence-corrected chi connectivity index (χ4v) is 2.63. The zero-order valence-electron chi connectivity index (χ0n) is 13.0. The lowest BCUT2D eigenvalue weighted by Gasteiger charge is -1.98. The van der Waals surface area contributed by atoms with Crippen LogP contribution in [0.3, 0.4) is 0 Å². The third kappa shape index (κ3) is 3.58. The van der Waals surface area contributed by atoms with Gasteiger partial charge in [0.2, 0.25) is 5.89 Å². The summed E-state index contributed by atoms with van der Waals surface area (Å²) in [4.78, 5) is 18.9. The number of hydrogen-bond donors (Lipinski definition) is 1. The number of aromatic hydroxyl groups is 1. The van der Waals surface area contributed by atoms with E-state index >= 15 is 0 Å². The van der Waals surface area contributed by atoms with Crippen LogP contribution >= 0.6 is 15.9 Å². The van der Waals surface area contributed by atoms with E-state index in [0.717, 1.165) is 10.0 Å². The van der Waals surface area contributed by atoms with Crippen LogP contribution in [-0.2, 0) is 0 Å². The number of halogens is 1. The molecule has 0 radical (unpaired) electrons. The smallest absolute Gasteiger partial charge is 0.312 e. The predicted molar refractivity (Wildman–Crippen MR) is 96.4 cm³/mol. The Kier molecular flexibility index (Phi) is 4.62. The van der Waals surface area contributed by atoms with Crippen molar-refractivity contribution in [2.45, 2.75) is 6.92 Å². The largest absolute Gasteiger partial charge is 0.479 e. The Morgan fingerprint density at radius 3 is 2.80 bits per heavy atom. The Morgan fingerprint density at radius 1 is 1.32 bits per heavy atom. The molecule has 3 aromatic rings. The van der Waals surface area contributed by atoms with Gasteiger partial charge in [0.1, 0.15) is 5.69 Å². The Balaban J connectivity index is 1.96. The van der Waals surface area contributed by atoms with E-state index in [2.05, 4.69) is 25.9 Å². The van der Waals surface area contributed by atoms with Crippen molar-refractivity contribution in [3.63, 3.8) is 0 Å². The molecular weight excluding hydrogens is 390 g/mol. The Bertz CT molecular complexity index is 982. The van der Waals surface area contributed by atoms with Crippen molar-refractivity contribution < 1.29 is 14.4 Å². The van der Waals surface area contributed by atoms with Crippen molar-refractivity contribution in [3.8, 4) is 17.4 Å². The van der Waals surface area contributed by atoms with Gasteiger partial charge in [-0.1, -0.05) is 18.2 Å². The van der Waals surface area contributed by atoms with Crippen molar-refractivity contribution in [3.05, 3.63) is 68.3 Å². The molecule has 0 atom stereocenters. The lowest BCUT2D eigenvalue weighted by Crippen LogP contribution is -1.90. The molecule has 0 amide bonds. The number of hydrogen-bond acceptors (Lipinski definition) is 6. The molecule has 0 aliphatic rings. The summed E-state index contributed by atoms with van der Waals surface area (Å²) in [6.07, 6.45) is 1.23. The highest BCUT2D eigenvalue weighted by molar-refractivity contribution is 9.10. The molecule has 126 valence electrons. The van der Waals surface area contributed by atoms with Gasteiger partial charge in [0.05, 0.1) is 16.7 Å². The molecule has 0 saturated heterocycles. The van der Waals surface area contributed by atoms with Crippen LogP contribution in [0.25, 0.3) is 11.5 Å². The predicted octanol–water partition coefficient (Wildman–Crippen LogP) is 4.78. The van der Waals surface area contributed by atoms with Gasteiger partial charge in [-0.15, -0.1) is 0 Å². The first-order valence-electron chi connectivity index (χ1n) is 7.19. The van der Waals surface area contributed by atoms with Crippen LogP contribution in [0.4, 0.5) is 11.4 Å². The molecule has 0 saturated carbocycles. The first-order chi connectivity index (χ1) is 12.0. The summed E-state index contributed by atoms with van der Waals surface area (Å²) in [5.41, 5.74) is 1.55. The quantitative estimate of drug-likeness (QED) is 0.385. The minimum atomic E-state index is -0.505. The first kappa shape index (κ1) is 16.8. The maximum atomic E-state index is 11.1. The normalized spacial score (nSPS) is 11.1. The number of aryl methyl sites for hydroxylation is 1. The van der Waals surface area contributed by atoms with Crippen LogP contribution in [0.1, 0.15) is 11.3 Å². The maximum Gasteiger partial charge on any atom is 0.312 e. The number of rotatable bonds is 4. The molecule has 1 aromatic heterocycles. The molecule has 25 heavy (non-hydrogen) atoms. The van der Waals surface area contributed by atoms with Crippen LogP contribution in [0.2, 0.25) is 0 Å². The summed E-state index contributed by atoms with van der Waals surface area (Å²) >= 11 is 3.38. The topological polar surface area (TPSA) is 102 Å². The average molecular weight is 402 g/mol. The SMILES string of the molecule is Cc1ccc(N=Cc2nc(-c3ccccc3Br)oc2O)c([N+](=O)[O-])c1. The minimum Gasteiger partial charge on any atom is -0.479 e. The highest BCUT2D eigenvalue weighted by Gasteiger charge is 2.16. The van der Waals surface area contributed by atoms with Crippen LogP contribution in [0.5, 0.6) is 5.95 Å². The highest BCUT2D eigenvalue weighted by atomic mass is 79.9. The molecule has 3 rings (SSSR count). The zero-order chi connectivity index (χ0) is 18.0. The summed E-state index contributed by atoms with van der Waals surface area (Å²) in [6.45, 7) is 1.76. The second kappa shape index (κ2) is 6.86. The molecule has 0 bridgehead atoms. The van der Waals surface area contributed by atoms with Crippen LogP contribution in [0, 0.1) is 17.0 Å². The fourth-order valence-electron chi connectivity index (χ4n) is 2.18. The summed E-state index contributed by atoms with van der Waals surface area (Å²) in [7, 11) is 0. The van der Waals surface area contributed by atoms with Gasteiger partial charge >= 0.3 is 5.95 Å². The minimum absolute atomic E-state index is 0.0839. The van der Waals surface area contributed by atoms with Gasteiger partial charge in [-0.05, 0) is 46.6 Å². The summed E-state index contributed by atoms with van der Waals surface area (Å²) in [5, 5.41) is 21.0. The Morgan fingerprint density at radius 2 is 2.08 bits per heavy atom. The third-order valence-corrected chi connectivity index (χ3v) is 4.08. The molecule has 2 aromatic carbocycles. The van der Waals surface area contributed by atoms with E-state index in [4.69, 9.17) is 4.42 Å². The lowest BCUT2D eigenvalue weighted by atomic mass is 10.2. The molecule has 1 heterocycles. The summed E-state index contributed by atoms with van der Waals surface area (Å²) < 4.78 is 6.01. The summed E-state index contributed by atoms with van der Waals surface area (Å²) in [6, 6.07) is 11.9. The number of nitro benzene ring substituents is 1. The highest BCUT2D eigenvalue weighted by Crippen LogP contribution is 2.32. The van der Waals surface area contributed by atoms with Gasteiger partial charge in [0, 0.05) is 10.5 Å². The molecule has 0 fully saturated rings. The zero-order valence-corrected chi connectivity index (χ0v) is 14.6. The van der Waals surface area contributed by atoms with E-state index in [0.29, 0.717) is 5.56 Å². The maximum absolute atomic E-state index is 11.1. The number of benzene rings is 2. The molecule has 8 heteroatoms. The van der Waals surface area contributed by atoms with Gasteiger partial charge in [0.25, 0.3) is 5.69 Å². The third-order valence-electron chi connectivity index (χ3n) is 3.39. The van der Waals surface area contributed by atoms with Gasteiger partial charge in [0.15, 0.2) is 5.69 Å². The number of aromatic nitrogens is 1. The first-order valence-corrected chi connectivity index (χ1v) is 7.99. The van der Waals surface area contributed by atoms with Crippen LogP contribution in [0.15, 0.2) is 56.3 Å². The Labute approximate surface area is 150 Å². The molecule has 0 spiro atoms. The van der Waals surface area contributed by atoms with Gasteiger partial charge in [-0.2, -0.15) is 0 Å². The van der Waals surface area contributed by atoms with Crippen molar-refractivity contribution in [1.29, 1.82) is 0 Å². The molecule has 0 unspecified atom stereocenters. The molecule has 0 aliphatic heterocycles. The van der Waals surface area contributed by atoms with E-state index < -0.39 is 10.9 Å². The molecule has 1 N–H and O–H groups in total. The van der Waals surface area contributed by atoms with E-state index in [9.17, 15) is 15.2 Å².